The van der Waals surface area contributed by atoms with Crippen LogP contribution in [0, 0.1) is 20.2 Å². The molecule has 0 amide bonds. The first-order valence-corrected chi connectivity index (χ1v) is 11.3. The number of hydrogen-bond acceptors (Lipinski definition) is 8. The Bertz CT molecular complexity index is 1410. The highest BCUT2D eigenvalue weighted by atomic mass is 35.5. The number of halogens is 1. The summed E-state index contributed by atoms with van der Waals surface area (Å²) in [4.78, 5) is 20.6. The lowest BCUT2D eigenvalue weighted by Crippen LogP contribution is -2.15. The third-order valence-electron chi connectivity index (χ3n) is 4.34. The van der Waals surface area contributed by atoms with E-state index in [1.807, 2.05) is 0 Å². The summed E-state index contributed by atoms with van der Waals surface area (Å²) in [5, 5.41) is 26.3. The van der Waals surface area contributed by atoms with Gasteiger partial charge in [0.1, 0.15) is 4.90 Å². The molecule has 13 heteroatoms. The molecule has 0 unspecified atom stereocenters. The predicted molar refractivity (Wildman–Crippen MR) is 130 cm³/mol. The van der Waals surface area contributed by atoms with Gasteiger partial charge in [-0.05, 0) is 36.4 Å². The number of nitro groups is 2. The second-order valence-corrected chi connectivity index (χ2v) is 8.65. The molecule has 2 N–H and O–H groups in total. The molecule has 0 aliphatic carbocycles. The van der Waals surface area contributed by atoms with Crippen LogP contribution in [0.15, 0.2) is 82.8 Å². The van der Waals surface area contributed by atoms with Gasteiger partial charge in [0.05, 0.1) is 31.8 Å². The van der Waals surface area contributed by atoms with Crippen molar-refractivity contribution < 1.29 is 18.3 Å². The van der Waals surface area contributed by atoms with Gasteiger partial charge in [-0.25, -0.2) is 8.42 Å². The number of nitro benzene ring substituents is 2. The van der Waals surface area contributed by atoms with Gasteiger partial charge in [-0.15, -0.1) is 0 Å². The minimum atomic E-state index is -4.29. The number of non-ortho nitro benzene ring substituents is 1. The normalized spacial score (nSPS) is 11.6. The van der Waals surface area contributed by atoms with Gasteiger partial charge in [0.2, 0.25) is 0 Å². The summed E-state index contributed by atoms with van der Waals surface area (Å²) in [6.45, 7) is 0. The number of hydrazone groups is 1. The van der Waals surface area contributed by atoms with Gasteiger partial charge in [0.15, 0.2) is 0 Å². The summed E-state index contributed by atoms with van der Waals surface area (Å²) in [5.74, 6) is 0. The Morgan fingerprint density at radius 3 is 2.32 bits per heavy atom. The van der Waals surface area contributed by atoms with Crippen LogP contribution in [0.4, 0.5) is 22.7 Å². The van der Waals surface area contributed by atoms with Crippen LogP contribution in [0.2, 0.25) is 5.02 Å². The second kappa shape index (κ2) is 10.6. The van der Waals surface area contributed by atoms with Crippen molar-refractivity contribution in [1.29, 1.82) is 0 Å². The summed E-state index contributed by atoms with van der Waals surface area (Å²) < 4.78 is 28.2. The summed E-state index contributed by atoms with van der Waals surface area (Å²) in [7, 11) is -4.29. The van der Waals surface area contributed by atoms with Crippen molar-refractivity contribution in [2.45, 2.75) is 4.90 Å². The number of para-hydroxylation sites is 2. The Labute approximate surface area is 198 Å². The number of allylic oxidation sites excluding steroid dienone is 1. The average Bonchev–Trinajstić information content (AvgIpc) is 2.80. The van der Waals surface area contributed by atoms with Gasteiger partial charge < -0.3 is 0 Å². The maximum atomic E-state index is 13.0. The monoisotopic (exact) mass is 501 g/mol. The van der Waals surface area contributed by atoms with Gasteiger partial charge in [-0.1, -0.05) is 35.9 Å². The highest BCUT2D eigenvalue weighted by Crippen LogP contribution is 2.30. The van der Waals surface area contributed by atoms with E-state index in [0.29, 0.717) is 5.56 Å². The maximum Gasteiger partial charge on any atom is 0.276 e. The number of rotatable bonds is 9. The van der Waals surface area contributed by atoms with Crippen LogP contribution in [-0.2, 0) is 10.0 Å². The SMILES string of the molecule is O=[N+]([O-])c1ccc(N/N=C/C=C/c2ccccc2[N+](=O)[O-])c(S(=O)(=O)Nc2ccccc2Cl)c1. The maximum absolute atomic E-state index is 13.0. The van der Waals surface area contributed by atoms with Crippen LogP contribution in [0.1, 0.15) is 5.56 Å². The zero-order valence-electron chi connectivity index (χ0n) is 17.2. The Morgan fingerprint density at radius 2 is 1.62 bits per heavy atom. The summed E-state index contributed by atoms with van der Waals surface area (Å²) in [6, 6.07) is 15.4. The third kappa shape index (κ3) is 5.94. The number of nitrogens with one attached hydrogen (secondary N) is 2. The van der Waals surface area contributed by atoms with Crippen LogP contribution in [0.3, 0.4) is 0 Å². The molecule has 0 atom stereocenters. The first kappa shape index (κ1) is 24.4. The summed E-state index contributed by atoms with van der Waals surface area (Å²) in [5.41, 5.74) is 2.39. The van der Waals surface area contributed by atoms with Crippen LogP contribution in [0.5, 0.6) is 0 Å². The van der Waals surface area contributed by atoms with Crippen molar-refractivity contribution in [3.05, 3.63) is 104 Å². The minimum Gasteiger partial charge on any atom is -0.278 e. The molecule has 3 aromatic rings. The van der Waals surface area contributed by atoms with Crippen molar-refractivity contribution >= 4 is 56.7 Å². The molecular weight excluding hydrogens is 486 g/mol. The minimum absolute atomic E-state index is 0.0412. The van der Waals surface area contributed by atoms with E-state index in [0.717, 1.165) is 12.1 Å². The molecule has 0 aromatic heterocycles. The molecule has 0 aliphatic heterocycles. The fourth-order valence-electron chi connectivity index (χ4n) is 2.77. The van der Waals surface area contributed by atoms with Gasteiger partial charge in [0, 0.05) is 24.4 Å². The van der Waals surface area contributed by atoms with Crippen LogP contribution < -0.4 is 10.1 Å². The molecule has 11 nitrogen and oxygen atoms in total. The third-order valence-corrected chi connectivity index (χ3v) is 6.07. The van der Waals surface area contributed by atoms with E-state index >= 15 is 0 Å². The van der Waals surface area contributed by atoms with Gasteiger partial charge in [-0.3, -0.25) is 30.4 Å². The Hall–Kier alpha value is -4.29. The Kier molecular flexibility index (Phi) is 7.56. The van der Waals surface area contributed by atoms with E-state index in [9.17, 15) is 28.6 Å². The Morgan fingerprint density at radius 1 is 0.912 bits per heavy atom. The molecule has 0 radical (unpaired) electrons. The quantitative estimate of drug-likeness (QED) is 0.235. The largest absolute Gasteiger partial charge is 0.278 e. The molecule has 3 aromatic carbocycles. The van der Waals surface area contributed by atoms with E-state index < -0.39 is 30.5 Å². The summed E-state index contributed by atoms with van der Waals surface area (Å²) >= 11 is 6.01. The van der Waals surface area contributed by atoms with Crippen molar-refractivity contribution in [2.24, 2.45) is 5.10 Å². The molecule has 0 heterocycles. The highest BCUT2D eigenvalue weighted by molar-refractivity contribution is 7.93. The molecule has 0 aliphatic rings. The zero-order valence-corrected chi connectivity index (χ0v) is 18.7. The van der Waals surface area contributed by atoms with Gasteiger partial charge in [0.25, 0.3) is 21.4 Å². The number of nitrogens with zero attached hydrogens (tertiary/aromatic N) is 3. The number of sulfonamides is 1. The molecule has 3 rings (SSSR count). The molecular formula is C21H16ClN5O6S. The molecule has 0 bridgehead atoms. The van der Waals surface area contributed by atoms with Crippen LogP contribution in [0.25, 0.3) is 6.08 Å². The van der Waals surface area contributed by atoms with E-state index in [2.05, 4.69) is 15.2 Å². The topological polar surface area (TPSA) is 157 Å². The molecule has 0 fully saturated rings. The first-order valence-electron chi connectivity index (χ1n) is 9.44. The summed E-state index contributed by atoms with van der Waals surface area (Å²) in [6.07, 6.45) is 4.11. The van der Waals surface area contributed by atoms with Gasteiger partial charge >= 0.3 is 0 Å². The average molecular weight is 502 g/mol. The van der Waals surface area contributed by atoms with E-state index in [4.69, 9.17) is 11.6 Å². The molecule has 0 spiro atoms. The van der Waals surface area contributed by atoms with Crippen molar-refractivity contribution in [2.75, 3.05) is 10.1 Å². The molecule has 34 heavy (non-hydrogen) atoms. The van der Waals surface area contributed by atoms with Crippen molar-refractivity contribution in [3.8, 4) is 0 Å². The number of anilines is 2. The van der Waals surface area contributed by atoms with Crippen LogP contribution in [-0.4, -0.2) is 24.5 Å². The van der Waals surface area contributed by atoms with E-state index in [-0.39, 0.29) is 22.1 Å². The lowest BCUT2D eigenvalue weighted by atomic mass is 10.2. The molecule has 0 saturated carbocycles. The molecule has 174 valence electrons. The van der Waals surface area contributed by atoms with Crippen molar-refractivity contribution in [1.82, 2.24) is 0 Å². The lowest BCUT2D eigenvalue weighted by Gasteiger charge is -2.12. The standard InChI is InChI=1S/C21H16ClN5O6S/c22-17-8-2-3-9-18(17)25-34(32,33)21-14-16(26(28)29)11-12-19(21)24-23-13-5-7-15-6-1-4-10-20(15)27(30)31/h1-14,24-25H/b7-5+,23-13+. The van der Waals surface area contributed by atoms with Crippen molar-refractivity contribution in [3.63, 3.8) is 0 Å². The highest BCUT2D eigenvalue weighted by Gasteiger charge is 2.23. The number of benzene rings is 3. The smallest absolute Gasteiger partial charge is 0.276 e. The first-order chi connectivity index (χ1) is 16.2. The van der Waals surface area contributed by atoms with Crippen LogP contribution >= 0.6 is 11.6 Å². The predicted octanol–water partition coefficient (Wildman–Crippen LogP) is 5.07. The van der Waals surface area contributed by atoms with E-state index in [1.165, 1.54) is 42.6 Å². The fourth-order valence-corrected chi connectivity index (χ4v) is 4.27. The van der Waals surface area contributed by atoms with E-state index in [1.54, 1.807) is 30.3 Å². The van der Waals surface area contributed by atoms with Gasteiger partial charge in [-0.2, -0.15) is 5.10 Å². The second-order valence-electron chi connectivity index (χ2n) is 6.59. The Balaban J connectivity index is 1.87. The molecule has 0 saturated heterocycles. The lowest BCUT2D eigenvalue weighted by molar-refractivity contribution is -0.385. The fraction of sp³-hybridized carbons (Fsp3) is 0. The zero-order chi connectivity index (χ0) is 24.7. The number of hydrogen-bond donors (Lipinski definition) is 2.